The Morgan fingerprint density at radius 3 is 1.99 bits per heavy atom. The summed E-state index contributed by atoms with van der Waals surface area (Å²) >= 11 is 1.33. The highest BCUT2D eigenvalue weighted by atomic mass is 32.2. The van der Waals surface area contributed by atoms with Gasteiger partial charge in [-0.3, -0.25) is 77.4 Å². The number of fused-ring (bicyclic) bond motifs is 1. The molecule has 4 aliphatic rings. The van der Waals surface area contributed by atoms with Crippen molar-refractivity contribution in [2.24, 2.45) is 5.92 Å². The number of rotatable bonds is 34. The fourth-order valence-electron chi connectivity index (χ4n) is 12.5. The van der Waals surface area contributed by atoms with Crippen molar-refractivity contribution >= 4 is 81.9 Å². The van der Waals surface area contributed by atoms with E-state index < -0.39 is 66.4 Å². The molecule has 0 bridgehead atoms. The molecule has 3 aromatic rings. The molecule has 0 saturated carbocycles. The first-order chi connectivity index (χ1) is 46.0. The van der Waals surface area contributed by atoms with Crippen molar-refractivity contribution in [1.82, 2.24) is 55.2 Å². The summed E-state index contributed by atoms with van der Waals surface area (Å²) in [4.78, 5) is 144. The third-order valence-corrected chi connectivity index (χ3v) is 19.3. The third kappa shape index (κ3) is 25.3. The highest BCUT2D eigenvalue weighted by molar-refractivity contribution is 8.01. The highest BCUT2D eigenvalue weighted by Gasteiger charge is 2.47. The first-order valence-corrected chi connectivity index (χ1v) is 34.2. The number of nitrogens with zero attached hydrogens (tertiary/aromatic N) is 9. The van der Waals surface area contributed by atoms with Crippen molar-refractivity contribution in [1.29, 1.82) is 5.26 Å². The number of thioether (sulfide) groups is 1. The largest absolute Gasteiger partial charge is 0.494 e. The Hall–Kier alpha value is -7.91. The van der Waals surface area contributed by atoms with Crippen LogP contribution in [0.4, 0.5) is 8.78 Å². The molecule has 4 fully saturated rings. The maximum Gasteiger partial charge on any atom is 0.317 e. The first kappa shape index (κ1) is 75.5. The minimum atomic E-state index is -3.18. The molecule has 96 heavy (non-hydrogen) atoms. The van der Waals surface area contributed by atoms with Crippen LogP contribution in [-0.2, 0) is 49.6 Å². The number of pyridine rings is 1. The number of carboxylic acids is 3. The van der Waals surface area contributed by atoms with Gasteiger partial charge in [0.05, 0.1) is 68.3 Å². The molecular weight excluding hydrogens is 1270 g/mol. The fraction of sp³-hybridized carbons (Fsp3) is 0.612. The number of nitriles is 1. The number of piperidine rings is 1. The zero-order chi connectivity index (χ0) is 69.2. The molecule has 7 amide bonds. The van der Waals surface area contributed by atoms with Crippen molar-refractivity contribution in [3.8, 4) is 11.8 Å². The number of alkyl halides is 2. The van der Waals surface area contributed by atoms with Gasteiger partial charge < -0.3 is 45.8 Å². The van der Waals surface area contributed by atoms with E-state index in [1.165, 1.54) is 40.1 Å². The lowest BCUT2D eigenvalue weighted by Crippen LogP contribution is -2.50. The molecule has 2 aromatic carbocycles. The summed E-state index contributed by atoms with van der Waals surface area (Å²) in [5, 5.41) is 46.2. The Labute approximate surface area is 562 Å². The molecule has 5 heterocycles. The number of aromatic nitrogens is 1. The van der Waals surface area contributed by atoms with E-state index in [4.69, 9.17) is 4.74 Å². The monoisotopic (exact) mass is 1360 g/mol. The number of hydrogen-bond donors (Lipinski definition) is 6. The second kappa shape index (κ2) is 38.1. The lowest BCUT2D eigenvalue weighted by molar-refractivity contribution is -0.140. The number of hydrogen-bond acceptors (Lipinski definition) is 18. The van der Waals surface area contributed by atoms with E-state index in [0.717, 1.165) is 49.8 Å². The Balaban J connectivity index is 0.853. The van der Waals surface area contributed by atoms with Crippen LogP contribution >= 0.6 is 11.8 Å². The molecule has 1 aromatic heterocycles. The van der Waals surface area contributed by atoms with Gasteiger partial charge in [0.1, 0.15) is 11.8 Å². The van der Waals surface area contributed by atoms with Gasteiger partial charge in [-0.2, -0.15) is 5.26 Å². The molecule has 0 aliphatic carbocycles. The number of nitrogens with one attached hydrogen (secondary N) is 3. The Morgan fingerprint density at radius 1 is 0.729 bits per heavy atom. The summed E-state index contributed by atoms with van der Waals surface area (Å²) in [6, 6.07) is 15.3. The summed E-state index contributed by atoms with van der Waals surface area (Å²) < 4.78 is 33.9. The maximum atomic E-state index is 14.0. The number of unbranched alkanes of at least 4 members (excludes halogenated alkanes) is 2. The number of aliphatic carboxylic acids is 3. The van der Waals surface area contributed by atoms with Crippen LogP contribution in [0, 0.1) is 24.2 Å². The van der Waals surface area contributed by atoms with Gasteiger partial charge >= 0.3 is 17.9 Å². The van der Waals surface area contributed by atoms with Crippen molar-refractivity contribution in [3.63, 3.8) is 0 Å². The standard InChI is InChI=1S/C67H92F2N12O14S/c1-47-13-15-48(16-14-47)8-5-11-57(82)72-22-4-2-3-10-52(40-73-58(83)42-75-27-29-76(43-62(87)88)31-33-78(45-64(91)92)34-32-77(30-28-75)44-63(89)90)96-56-37-60(85)80(66(56)94)24-6-12-59(84)79-25-20-49(21-26-79)9-7-35-95-51-17-18-55-54(36-51)53(19-23-71-55)65(93)74-41-61(86)81-46-67(68,69)38-50(81)39-70/h13-19,23,36,49-50,52,56H,2-12,20-22,24-35,37-38,40-46H2,1H3,(H,72,82)(H,73,83)(H,74,93)(H,87,88)(H,89,90)(H,91,92)/t50-,52?,56?/m1/s1. The molecule has 26 nitrogen and oxygen atoms in total. The van der Waals surface area contributed by atoms with Crippen molar-refractivity contribution in [3.05, 3.63) is 71.4 Å². The van der Waals surface area contributed by atoms with Gasteiger partial charge in [0.15, 0.2) is 0 Å². The molecule has 4 aliphatic heterocycles. The van der Waals surface area contributed by atoms with Crippen LogP contribution in [0.3, 0.4) is 0 Å². The summed E-state index contributed by atoms with van der Waals surface area (Å²) in [7, 11) is 0. The lowest BCUT2D eigenvalue weighted by Gasteiger charge is -2.33. The van der Waals surface area contributed by atoms with Crippen LogP contribution in [0.1, 0.15) is 111 Å². The van der Waals surface area contributed by atoms with E-state index in [0.29, 0.717) is 80.9 Å². The molecule has 4 saturated heterocycles. The van der Waals surface area contributed by atoms with E-state index in [1.54, 1.807) is 39.0 Å². The van der Waals surface area contributed by atoms with Crippen molar-refractivity contribution in [2.75, 3.05) is 131 Å². The minimum absolute atomic E-state index is 0.0193. The molecule has 524 valence electrons. The van der Waals surface area contributed by atoms with Crippen molar-refractivity contribution < 1.29 is 76.8 Å². The number of carboxylic acid groups (broad SMARTS) is 3. The fourth-order valence-corrected chi connectivity index (χ4v) is 13.9. The first-order valence-electron chi connectivity index (χ1n) is 33.3. The van der Waals surface area contributed by atoms with Crippen LogP contribution in [0.5, 0.6) is 5.75 Å². The topological polar surface area (TPSA) is 336 Å². The van der Waals surface area contributed by atoms with Gasteiger partial charge in [0, 0.05) is 128 Å². The summed E-state index contributed by atoms with van der Waals surface area (Å²) in [6.45, 7) is 3.69. The molecule has 7 rings (SSSR count). The number of halogens is 2. The number of imide groups is 1. The highest BCUT2D eigenvalue weighted by Crippen LogP contribution is 2.33. The quantitative estimate of drug-likeness (QED) is 0.0366. The molecule has 6 N–H and O–H groups in total. The van der Waals surface area contributed by atoms with Crippen LogP contribution in [0.2, 0.25) is 0 Å². The van der Waals surface area contributed by atoms with Crippen LogP contribution in [-0.4, -0.2) is 267 Å². The average molecular weight is 1360 g/mol. The zero-order valence-electron chi connectivity index (χ0n) is 54.8. The third-order valence-electron chi connectivity index (χ3n) is 17.8. The Kier molecular flexibility index (Phi) is 30.0. The summed E-state index contributed by atoms with van der Waals surface area (Å²) in [5.41, 5.74) is 3.06. The van der Waals surface area contributed by atoms with E-state index in [-0.39, 0.29) is 145 Å². The summed E-state index contributed by atoms with van der Waals surface area (Å²) in [5.74, 6) is -8.06. The van der Waals surface area contributed by atoms with Gasteiger partial charge in [0.2, 0.25) is 35.4 Å². The second-order valence-corrected chi connectivity index (χ2v) is 26.8. The van der Waals surface area contributed by atoms with Crippen LogP contribution < -0.4 is 20.7 Å². The maximum absolute atomic E-state index is 14.0. The van der Waals surface area contributed by atoms with Gasteiger partial charge in [0.25, 0.3) is 11.8 Å². The molecule has 3 atom stereocenters. The number of ether oxygens (including phenoxy) is 1. The van der Waals surface area contributed by atoms with E-state index in [9.17, 15) is 77.3 Å². The van der Waals surface area contributed by atoms with E-state index >= 15 is 0 Å². The minimum Gasteiger partial charge on any atom is -0.494 e. The predicted octanol–water partition coefficient (Wildman–Crippen LogP) is 3.73. The number of likely N-dealkylation sites (tertiary alicyclic amines) is 3. The lowest BCUT2D eigenvalue weighted by atomic mass is 9.92. The van der Waals surface area contributed by atoms with E-state index in [1.807, 2.05) is 16.7 Å². The molecule has 0 radical (unpaired) electrons. The number of aryl methyl sites for hydroxylation is 2. The zero-order valence-corrected chi connectivity index (χ0v) is 55.6. The second-order valence-electron chi connectivity index (χ2n) is 25.3. The van der Waals surface area contributed by atoms with Crippen LogP contribution in [0.25, 0.3) is 10.9 Å². The molecule has 0 spiro atoms. The number of carbonyl (C=O) groups excluding carboxylic acids is 7. The number of amides is 7. The Morgan fingerprint density at radius 2 is 1.36 bits per heavy atom. The predicted molar refractivity (Wildman–Crippen MR) is 352 cm³/mol. The van der Waals surface area contributed by atoms with Gasteiger partial charge in [-0.25, -0.2) is 8.78 Å². The molecule has 2 unspecified atom stereocenters. The van der Waals surface area contributed by atoms with Gasteiger partial charge in [-0.15, -0.1) is 11.8 Å². The number of benzene rings is 2. The van der Waals surface area contributed by atoms with Crippen LogP contribution in [0.15, 0.2) is 54.7 Å². The molecular formula is C67H92F2N12O14S. The normalized spacial score (nSPS) is 19.1. The van der Waals surface area contributed by atoms with Gasteiger partial charge in [-0.1, -0.05) is 42.7 Å². The SMILES string of the molecule is Cc1ccc(CCCC(=O)NCCCCCC(CNC(=O)CN2CCN(CC(=O)O)CCN(CC(=O)O)CCN(CC(=O)O)CC2)SC2CC(=O)N(CCCC(=O)N3CCC(CCCOc4ccc5nccc(C(=O)NCC(=O)N6CC(F)(F)C[C@@H]6C#N)c5c4)CC3)C2=O)cc1. The molecule has 29 heteroatoms. The summed E-state index contributed by atoms with van der Waals surface area (Å²) in [6.07, 6.45) is 8.91. The Bertz CT molecular complexity index is 3180. The average Bonchev–Trinajstić information content (AvgIpc) is 1.15. The van der Waals surface area contributed by atoms with E-state index in [2.05, 4.69) is 45.2 Å². The van der Waals surface area contributed by atoms with Crippen molar-refractivity contribution in [2.45, 2.75) is 126 Å². The smallest absolute Gasteiger partial charge is 0.317 e. The van der Waals surface area contributed by atoms with Gasteiger partial charge in [-0.05, 0) is 100 Å². The number of carbonyl (C=O) groups is 10.